The molecule has 22 heavy (non-hydrogen) atoms. The van der Waals surface area contributed by atoms with Crippen molar-refractivity contribution in [1.82, 2.24) is 4.98 Å². The molecular formula is C15H15F2N3O2. The van der Waals surface area contributed by atoms with Crippen molar-refractivity contribution in [3.05, 3.63) is 48.2 Å². The lowest BCUT2D eigenvalue weighted by atomic mass is 10.2. The normalized spacial score (nSPS) is 10.4. The number of halogens is 2. The van der Waals surface area contributed by atoms with Gasteiger partial charge in [0.15, 0.2) is 11.6 Å². The van der Waals surface area contributed by atoms with Crippen LogP contribution >= 0.6 is 0 Å². The highest BCUT2D eigenvalue weighted by Gasteiger charge is 2.09. The second kappa shape index (κ2) is 7.35. The number of rotatable bonds is 6. The van der Waals surface area contributed by atoms with Crippen LogP contribution < -0.4 is 15.4 Å². The quantitative estimate of drug-likeness (QED) is 0.860. The molecule has 0 atom stereocenters. The highest BCUT2D eigenvalue weighted by molar-refractivity contribution is 5.88. The Kier molecular flexibility index (Phi) is 5.24. The van der Waals surface area contributed by atoms with E-state index in [-0.39, 0.29) is 17.5 Å². The number of carbonyl (C=O) groups is 1. The van der Waals surface area contributed by atoms with Crippen LogP contribution in [0.4, 0.5) is 20.3 Å². The Morgan fingerprint density at radius 1 is 1.27 bits per heavy atom. The van der Waals surface area contributed by atoms with E-state index in [1.165, 1.54) is 25.3 Å². The molecule has 0 fully saturated rings. The van der Waals surface area contributed by atoms with Crippen LogP contribution in [-0.2, 0) is 11.3 Å². The summed E-state index contributed by atoms with van der Waals surface area (Å²) < 4.78 is 29.0. The van der Waals surface area contributed by atoms with Gasteiger partial charge in [0.25, 0.3) is 0 Å². The van der Waals surface area contributed by atoms with Crippen molar-refractivity contribution >= 4 is 17.4 Å². The van der Waals surface area contributed by atoms with Crippen molar-refractivity contribution in [2.45, 2.75) is 20.1 Å². The zero-order valence-electron chi connectivity index (χ0n) is 11.8. The van der Waals surface area contributed by atoms with Crippen molar-refractivity contribution in [1.29, 1.82) is 0 Å². The van der Waals surface area contributed by atoms with Crippen LogP contribution in [0.1, 0.15) is 12.5 Å². The summed E-state index contributed by atoms with van der Waals surface area (Å²) in [5.41, 5.74) is 1.60. The van der Waals surface area contributed by atoms with Crippen LogP contribution in [0.3, 0.4) is 0 Å². The van der Waals surface area contributed by atoms with Gasteiger partial charge in [-0.1, -0.05) is 12.1 Å². The van der Waals surface area contributed by atoms with Crippen LogP contribution in [0.15, 0.2) is 42.6 Å². The molecule has 2 rings (SSSR count). The number of carbonyl (C=O) groups excluding carboxylic acids is 1. The zero-order valence-corrected chi connectivity index (χ0v) is 11.8. The summed E-state index contributed by atoms with van der Waals surface area (Å²) in [7, 11) is 0. The third-order valence-corrected chi connectivity index (χ3v) is 2.72. The molecule has 0 radical (unpaired) electrons. The highest BCUT2D eigenvalue weighted by Crippen LogP contribution is 2.23. The first kappa shape index (κ1) is 15.7. The Hall–Kier alpha value is -2.70. The van der Waals surface area contributed by atoms with E-state index in [1.54, 1.807) is 12.1 Å². The number of hydrogen-bond donors (Lipinski definition) is 2. The molecule has 1 heterocycles. The molecule has 1 aromatic heterocycles. The van der Waals surface area contributed by atoms with Crippen molar-refractivity contribution in [3.63, 3.8) is 0 Å². The van der Waals surface area contributed by atoms with Gasteiger partial charge in [-0.2, -0.15) is 8.78 Å². The lowest BCUT2D eigenvalue weighted by Crippen LogP contribution is -2.08. The summed E-state index contributed by atoms with van der Waals surface area (Å²) in [6.45, 7) is -1.08. The average molecular weight is 307 g/mol. The summed E-state index contributed by atoms with van der Waals surface area (Å²) in [5, 5.41) is 5.60. The molecule has 0 bridgehead atoms. The second-order valence-electron chi connectivity index (χ2n) is 4.46. The minimum absolute atomic E-state index is 0.00707. The van der Waals surface area contributed by atoms with Crippen LogP contribution in [0.5, 0.6) is 5.75 Å². The fourth-order valence-corrected chi connectivity index (χ4v) is 1.81. The minimum Gasteiger partial charge on any atom is -0.431 e. The summed E-state index contributed by atoms with van der Waals surface area (Å²) in [5.74, 6) is 0.0919. The second-order valence-corrected chi connectivity index (χ2v) is 4.46. The molecule has 7 heteroatoms. The fraction of sp³-hybridized carbons (Fsp3) is 0.200. The first-order valence-electron chi connectivity index (χ1n) is 6.55. The monoisotopic (exact) mass is 307 g/mol. The molecule has 0 spiro atoms. The van der Waals surface area contributed by atoms with Crippen LogP contribution in [0.2, 0.25) is 0 Å². The first-order chi connectivity index (χ1) is 10.5. The lowest BCUT2D eigenvalue weighted by molar-refractivity contribution is -0.114. The van der Waals surface area contributed by atoms with E-state index in [1.807, 2.05) is 12.1 Å². The van der Waals surface area contributed by atoms with Gasteiger partial charge in [-0.3, -0.25) is 4.79 Å². The first-order valence-corrected chi connectivity index (χ1v) is 6.55. The van der Waals surface area contributed by atoms with E-state index in [2.05, 4.69) is 20.4 Å². The van der Waals surface area contributed by atoms with E-state index >= 15 is 0 Å². The van der Waals surface area contributed by atoms with Crippen molar-refractivity contribution in [3.8, 4) is 5.75 Å². The SMILES string of the molecule is CC(=O)Nc1ccc(CNc2ncccc2OC(F)F)cc1. The summed E-state index contributed by atoms with van der Waals surface area (Å²) in [4.78, 5) is 14.9. The number of alkyl halides is 2. The van der Waals surface area contributed by atoms with Gasteiger partial charge in [-0.05, 0) is 29.8 Å². The topological polar surface area (TPSA) is 63.2 Å². The largest absolute Gasteiger partial charge is 0.431 e. The molecule has 0 aliphatic rings. The maximum absolute atomic E-state index is 12.3. The van der Waals surface area contributed by atoms with Gasteiger partial charge < -0.3 is 15.4 Å². The molecule has 1 aromatic carbocycles. The molecule has 5 nitrogen and oxygen atoms in total. The van der Waals surface area contributed by atoms with Crippen molar-refractivity contribution in [2.75, 3.05) is 10.6 Å². The maximum Gasteiger partial charge on any atom is 0.387 e. The Morgan fingerprint density at radius 2 is 2.00 bits per heavy atom. The van der Waals surface area contributed by atoms with Crippen LogP contribution in [0, 0.1) is 0 Å². The van der Waals surface area contributed by atoms with Gasteiger partial charge in [-0.15, -0.1) is 0 Å². The standard InChI is InChI=1S/C15H15F2N3O2/c1-10(21)20-12-6-4-11(5-7-12)9-19-14-13(22-15(16)17)3-2-8-18-14/h2-8,15H,9H2,1H3,(H,18,19)(H,20,21). The average Bonchev–Trinajstić information content (AvgIpc) is 2.47. The summed E-state index contributed by atoms with van der Waals surface area (Å²) >= 11 is 0. The Balaban J connectivity index is 1.99. The molecule has 0 unspecified atom stereocenters. The third-order valence-electron chi connectivity index (χ3n) is 2.72. The number of aromatic nitrogens is 1. The summed E-state index contributed by atoms with van der Waals surface area (Å²) in [6.07, 6.45) is 1.49. The number of hydrogen-bond acceptors (Lipinski definition) is 4. The molecule has 1 amide bonds. The van der Waals surface area contributed by atoms with E-state index in [9.17, 15) is 13.6 Å². The van der Waals surface area contributed by atoms with Crippen LogP contribution in [-0.4, -0.2) is 17.5 Å². The number of nitrogens with one attached hydrogen (secondary N) is 2. The Morgan fingerprint density at radius 3 is 2.64 bits per heavy atom. The zero-order chi connectivity index (χ0) is 15.9. The van der Waals surface area contributed by atoms with Gasteiger partial charge in [0.05, 0.1) is 0 Å². The molecule has 0 aliphatic carbocycles. The number of nitrogens with zero attached hydrogens (tertiary/aromatic N) is 1. The van der Waals surface area contributed by atoms with E-state index in [0.717, 1.165) is 5.56 Å². The van der Waals surface area contributed by atoms with E-state index in [0.29, 0.717) is 12.2 Å². The summed E-state index contributed by atoms with van der Waals surface area (Å²) in [6, 6.07) is 10.1. The number of benzene rings is 1. The van der Waals surface area contributed by atoms with Crippen molar-refractivity contribution < 1.29 is 18.3 Å². The predicted octanol–water partition coefficient (Wildman–Crippen LogP) is 3.25. The maximum atomic E-state index is 12.3. The fourth-order valence-electron chi connectivity index (χ4n) is 1.81. The molecule has 0 saturated carbocycles. The van der Waals surface area contributed by atoms with Gasteiger partial charge in [-0.25, -0.2) is 4.98 Å². The molecule has 116 valence electrons. The molecule has 2 N–H and O–H groups in total. The van der Waals surface area contributed by atoms with Gasteiger partial charge >= 0.3 is 6.61 Å². The van der Waals surface area contributed by atoms with Gasteiger partial charge in [0, 0.05) is 25.4 Å². The lowest BCUT2D eigenvalue weighted by Gasteiger charge is -2.11. The molecular weight excluding hydrogens is 292 g/mol. The van der Waals surface area contributed by atoms with Crippen LogP contribution in [0.25, 0.3) is 0 Å². The molecule has 2 aromatic rings. The Labute approximate surface area is 126 Å². The number of ether oxygens (including phenoxy) is 1. The number of amides is 1. The smallest absolute Gasteiger partial charge is 0.387 e. The number of pyridine rings is 1. The van der Waals surface area contributed by atoms with Gasteiger partial charge in [0.1, 0.15) is 0 Å². The molecule has 0 saturated heterocycles. The Bertz CT molecular complexity index is 633. The minimum atomic E-state index is -2.90. The highest BCUT2D eigenvalue weighted by atomic mass is 19.3. The predicted molar refractivity (Wildman–Crippen MR) is 78.9 cm³/mol. The third kappa shape index (κ3) is 4.69. The van der Waals surface area contributed by atoms with Crippen molar-refractivity contribution in [2.24, 2.45) is 0 Å². The van der Waals surface area contributed by atoms with E-state index < -0.39 is 6.61 Å². The van der Waals surface area contributed by atoms with E-state index in [4.69, 9.17) is 0 Å². The van der Waals surface area contributed by atoms with Gasteiger partial charge in [0.2, 0.25) is 5.91 Å². The molecule has 0 aliphatic heterocycles. The number of anilines is 2.